The molecule has 2 saturated heterocycles. The van der Waals surface area contributed by atoms with Gasteiger partial charge in [0.05, 0.1) is 0 Å². The maximum atomic E-state index is 11.6. The summed E-state index contributed by atoms with van der Waals surface area (Å²) in [5.41, 5.74) is 0. The summed E-state index contributed by atoms with van der Waals surface area (Å²) >= 11 is 0. The maximum absolute atomic E-state index is 11.6. The topological polar surface area (TPSA) is 40.6 Å². The van der Waals surface area contributed by atoms with Crippen LogP contribution in [0.4, 0.5) is 0 Å². The van der Waals surface area contributed by atoms with Crippen LogP contribution in [0.15, 0.2) is 0 Å². The molecule has 0 bridgehead atoms. The lowest BCUT2D eigenvalue weighted by Gasteiger charge is -2.30. The van der Waals surface area contributed by atoms with Crippen LogP contribution < -0.4 is 0 Å². The van der Waals surface area contributed by atoms with Gasteiger partial charge in [-0.1, -0.05) is 0 Å². The molecule has 4 heteroatoms. The summed E-state index contributed by atoms with van der Waals surface area (Å²) in [5, 5.41) is 0. The molecule has 4 nitrogen and oxygen atoms in total. The molecule has 1 unspecified atom stereocenters. The minimum atomic E-state index is 0.278. The molecule has 0 saturated carbocycles. The summed E-state index contributed by atoms with van der Waals surface area (Å²) in [4.78, 5) is 27.1. The molecule has 0 aromatic carbocycles. The molecule has 0 aromatic heterocycles. The Balaban J connectivity index is 1.77. The number of rotatable bonds is 4. The average Bonchev–Trinajstić information content (AvgIpc) is 2.74. The van der Waals surface area contributed by atoms with Crippen LogP contribution in [-0.4, -0.2) is 47.3 Å². The SMILES string of the molecule is CC(CCN1CCCCC1=O)N1CCCC1=O. The van der Waals surface area contributed by atoms with E-state index in [1.807, 2.05) is 9.80 Å². The van der Waals surface area contributed by atoms with Crippen LogP contribution in [0.1, 0.15) is 45.4 Å². The Labute approximate surface area is 103 Å². The molecule has 2 aliphatic heterocycles. The summed E-state index contributed by atoms with van der Waals surface area (Å²) in [6.45, 7) is 4.70. The fourth-order valence-corrected chi connectivity index (χ4v) is 2.73. The standard InChI is InChI=1S/C13H22N2O2/c1-11(15-9-4-6-13(15)17)7-10-14-8-3-2-5-12(14)16/h11H,2-10H2,1H3. The summed E-state index contributed by atoms with van der Waals surface area (Å²) < 4.78 is 0. The molecule has 2 rings (SSSR count). The number of amides is 2. The van der Waals surface area contributed by atoms with Crippen LogP contribution in [0.25, 0.3) is 0 Å². The first-order valence-corrected chi connectivity index (χ1v) is 6.76. The third-order valence-corrected chi connectivity index (χ3v) is 3.88. The third kappa shape index (κ3) is 2.99. The number of carbonyl (C=O) groups is 2. The molecule has 96 valence electrons. The van der Waals surface area contributed by atoms with Crippen molar-refractivity contribution < 1.29 is 9.59 Å². The first-order valence-electron chi connectivity index (χ1n) is 6.76. The van der Waals surface area contributed by atoms with E-state index in [1.165, 1.54) is 0 Å². The highest BCUT2D eigenvalue weighted by molar-refractivity contribution is 5.78. The van der Waals surface area contributed by atoms with Crippen LogP contribution in [-0.2, 0) is 9.59 Å². The van der Waals surface area contributed by atoms with E-state index in [9.17, 15) is 9.59 Å². The van der Waals surface area contributed by atoms with Crippen LogP contribution in [0.2, 0.25) is 0 Å². The Morgan fingerprint density at radius 3 is 2.47 bits per heavy atom. The van der Waals surface area contributed by atoms with Crippen LogP contribution in [0.5, 0.6) is 0 Å². The fourth-order valence-electron chi connectivity index (χ4n) is 2.73. The molecule has 2 amide bonds. The second-order valence-corrected chi connectivity index (χ2v) is 5.17. The lowest BCUT2D eigenvalue weighted by atomic mass is 10.1. The van der Waals surface area contributed by atoms with Gasteiger partial charge in [0.25, 0.3) is 0 Å². The monoisotopic (exact) mass is 238 g/mol. The molecular weight excluding hydrogens is 216 g/mol. The number of carbonyl (C=O) groups excluding carboxylic acids is 2. The minimum Gasteiger partial charge on any atom is -0.343 e. The molecule has 17 heavy (non-hydrogen) atoms. The summed E-state index contributed by atoms with van der Waals surface area (Å²) in [6.07, 6.45) is 5.48. The summed E-state index contributed by atoms with van der Waals surface area (Å²) in [7, 11) is 0. The van der Waals surface area contributed by atoms with Crippen molar-refractivity contribution >= 4 is 11.8 Å². The number of hydrogen-bond donors (Lipinski definition) is 0. The molecule has 0 radical (unpaired) electrons. The van der Waals surface area contributed by atoms with E-state index < -0.39 is 0 Å². The second kappa shape index (κ2) is 5.52. The average molecular weight is 238 g/mol. The maximum Gasteiger partial charge on any atom is 0.222 e. The van der Waals surface area contributed by atoms with Crippen LogP contribution >= 0.6 is 0 Å². The van der Waals surface area contributed by atoms with E-state index in [1.54, 1.807) is 0 Å². The quantitative estimate of drug-likeness (QED) is 0.743. The molecule has 0 spiro atoms. The van der Waals surface area contributed by atoms with Crippen molar-refractivity contribution in [1.82, 2.24) is 9.80 Å². The zero-order valence-corrected chi connectivity index (χ0v) is 10.7. The highest BCUT2D eigenvalue weighted by Crippen LogP contribution is 2.17. The van der Waals surface area contributed by atoms with Gasteiger partial charge in [-0.15, -0.1) is 0 Å². The van der Waals surface area contributed by atoms with Gasteiger partial charge in [0, 0.05) is 38.5 Å². The van der Waals surface area contributed by atoms with Gasteiger partial charge in [-0.05, 0) is 32.6 Å². The van der Waals surface area contributed by atoms with E-state index in [2.05, 4.69) is 6.92 Å². The highest BCUT2D eigenvalue weighted by Gasteiger charge is 2.26. The van der Waals surface area contributed by atoms with E-state index in [-0.39, 0.29) is 17.9 Å². The van der Waals surface area contributed by atoms with Gasteiger partial charge in [0.15, 0.2) is 0 Å². The molecule has 1 atom stereocenters. The van der Waals surface area contributed by atoms with Crippen molar-refractivity contribution in [3.8, 4) is 0 Å². The Hall–Kier alpha value is -1.06. The van der Waals surface area contributed by atoms with Gasteiger partial charge >= 0.3 is 0 Å². The van der Waals surface area contributed by atoms with Gasteiger partial charge in [-0.3, -0.25) is 9.59 Å². The summed E-state index contributed by atoms with van der Waals surface area (Å²) in [6, 6.07) is 0.278. The molecule has 2 fully saturated rings. The fraction of sp³-hybridized carbons (Fsp3) is 0.846. The number of nitrogens with zero attached hydrogens (tertiary/aromatic N) is 2. The zero-order chi connectivity index (χ0) is 12.3. The van der Waals surface area contributed by atoms with Gasteiger partial charge in [-0.25, -0.2) is 0 Å². The van der Waals surface area contributed by atoms with Gasteiger partial charge < -0.3 is 9.80 Å². The van der Waals surface area contributed by atoms with E-state index in [0.717, 1.165) is 45.3 Å². The Bertz CT molecular complexity index is 304. The normalized spacial score (nSPS) is 23.4. The zero-order valence-electron chi connectivity index (χ0n) is 10.7. The highest BCUT2D eigenvalue weighted by atomic mass is 16.2. The van der Waals surface area contributed by atoms with Crippen molar-refractivity contribution in [2.24, 2.45) is 0 Å². The molecule has 2 heterocycles. The smallest absolute Gasteiger partial charge is 0.222 e. The van der Waals surface area contributed by atoms with E-state index >= 15 is 0 Å². The van der Waals surface area contributed by atoms with Crippen molar-refractivity contribution in [3.05, 3.63) is 0 Å². The third-order valence-electron chi connectivity index (χ3n) is 3.88. The predicted octanol–water partition coefficient (Wildman–Crippen LogP) is 1.40. The van der Waals surface area contributed by atoms with Gasteiger partial charge in [-0.2, -0.15) is 0 Å². The van der Waals surface area contributed by atoms with Crippen molar-refractivity contribution in [3.63, 3.8) is 0 Å². The van der Waals surface area contributed by atoms with Crippen molar-refractivity contribution in [1.29, 1.82) is 0 Å². The lowest BCUT2D eigenvalue weighted by Crippen LogP contribution is -2.40. The van der Waals surface area contributed by atoms with Crippen molar-refractivity contribution in [2.75, 3.05) is 19.6 Å². The van der Waals surface area contributed by atoms with Crippen LogP contribution in [0, 0.1) is 0 Å². The molecule has 0 aliphatic carbocycles. The Morgan fingerprint density at radius 2 is 1.82 bits per heavy atom. The van der Waals surface area contributed by atoms with Gasteiger partial charge in [0.1, 0.15) is 0 Å². The molecule has 0 N–H and O–H groups in total. The largest absolute Gasteiger partial charge is 0.343 e. The Morgan fingerprint density at radius 1 is 1.06 bits per heavy atom. The number of piperidine rings is 1. The molecule has 2 aliphatic rings. The first-order chi connectivity index (χ1) is 8.18. The van der Waals surface area contributed by atoms with Crippen molar-refractivity contribution in [2.45, 2.75) is 51.5 Å². The Kier molecular flexibility index (Phi) is 4.02. The molecular formula is C13H22N2O2. The number of likely N-dealkylation sites (tertiary alicyclic amines) is 2. The van der Waals surface area contributed by atoms with E-state index in [4.69, 9.17) is 0 Å². The second-order valence-electron chi connectivity index (χ2n) is 5.17. The first kappa shape index (κ1) is 12.4. The van der Waals surface area contributed by atoms with E-state index in [0.29, 0.717) is 12.8 Å². The minimum absolute atomic E-state index is 0.278. The molecule has 0 aromatic rings. The predicted molar refractivity (Wildman–Crippen MR) is 65.5 cm³/mol. The summed E-state index contributed by atoms with van der Waals surface area (Å²) in [5.74, 6) is 0.568. The van der Waals surface area contributed by atoms with Gasteiger partial charge in [0.2, 0.25) is 11.8 Å². The number of hydrogen-bond acceptors (Lipinski definition) is 2. The van der Waals surface area contributed by atoms with Crippen LogP contribution in [0.3, 0.4) is 0 Å². The lowest BCUT2D eigenvalue weighted by molar-refractivity contribution is -0.133.